The summed E-state index contributed by atoms with van der Waals surface area (Å²) in [4.78, 5) is 24.5. The van der Waals surface area contributed by atoms with Gasteiger partial charge in [-0.15, -0.1) is 0 Å². The van der Waals surface area contributed by atoms with Gasteiger partial charge < -0.3 is 9.32 Å². The van der Waals surface area contributed by atoms with Crippen molar-refractivity contribution in [3.8, 4) is 0 Å². The molecule has 110 valence electrons. The molecule has 2 aromatic rings. The second-order valence-corrected chi connectivity index (χ2v) is 4.89. The SMILES string of the molecule is Cc1cccc(C(=O)N(C)Cc2ccoc2C)c1[N+](=O)[O-]. The monoisotopic (exact) mass is 288 g/mol. The van der Waals surface area contributed by atoms with Crippen LogP contribution in [0.1, 0.15) is 27.2 Å². The fraction of sp³-hybridized carbons (Fsp3) is 0.267. The van der Waals surface area contributed by atoms with Gasteiger partial charge in [-0.3, -0.25) is 14.9 Å². The normalized spacial score (nSPS) is 10.4. The second kappa shape index (κ2) is 5.78. The Morgan fingerprint density at radius 1 is 1.33 bits per heavy atom. The zero-order chi connectivity index (χ0) is 15.6. The Morgan fingerprint density at radius 3 is 2.62 bits per heavy atom. The smallest absolute Gasteiger partial charge is 0.285 e. The minimum Gasteiger partial charge on any atom is -0.469 e. The van der Waals surface area contributed by atoms with E-state index in [1.165, 1.54) is 11.0 Å². The number of carbonyl (C=O) groups is 1. The summed E-state index contributed by atoms with van der Waals surface area (Å²) < 4.78 is 5.19. The maximum atomic E-state index is 12.5. The van der Waals surface area contributed by atoms with E-state index in [0.717, 1.165) is 11.3 Å². The van der Waals surface area contributed by atoms with Crippen LogP contribution in [0.2, 0.25) is 0 Å². The standard InChI is InChI=1S/C15H16N2O4/c1-10-5-4-6-13(14(10)17(19)20)15(18)16(3)9-12-7-8-21-11(12)2/h4-8H,9H2,1-3H3. The fourth-order valence-electron chi connectivity index (χ4n) is 2.18. The number of aryl methyl sites for hydroxylation is 2. The lowest BCUT2D eigenvalue weighted by atomic mass is 10.1. The zero-order valence-electron chi connectivity index (χ0n) is 12.1. The molecule has 0 spiro atoms. The molecule has 0 saturated carbocycles. The average molecular weight is 288 g/mol. The summed E-state index contributed by atoms with van der Waals surface area (Å²) in [6.07, 6.45) is 1.55. The molecule has 0 aliphatic carbocycles. The van der Waals surface area contributed by atoms with Crippen LogP contribution in [-0.4, -0.2) is 22.8 Å². The number of nitrogens with zero attached hydrogens (tertiary/aromatic N) is 2. The molecule has 1 aromatic heterocycles. The van der Waals surface area contributed by atoms with Crippen molar-refractivity contribution in [1.82, 2.24) is 4.90 Å². The molecule has 6 heteroatoms. The molecular formula is C15H16N2O4. The van der Waals surface area contributed by atoms with E-state index in [0.29, 0.717) is 12.1 Å². The lowest BCUT2D eigenvalue weighted by Crippen LogP contribution is -2.27. The van der Waals surface area contributed by atoms with Crippen molar-refractivity contribution in [2.75, 3.05) is 7.05 Å². The highest BCUT2D eigenvalue weighted by Crippen LogP contribution is 2.24. The Balaban J connectivity index is 2.30. The first-order valence-corrected chi connectivity index (χ1v) is 6.44. The Labute approximate surface area is 122 Å². The maximum absolute atomic E-state index is 12.5. The zero-order valence-corrected chi connectivity index (χ0v) is 12.1. The molecule has 1 aromatic carbocycles. The third-order valence-electron chi connectivity index (χ3n) is 3.37. The van der Waals surface area contributed by atoms with Crippen molar-refractivity contribution in [1.29, 1.82) is 0 Å². The minimum atomic E-state index is -0.514. The molecule has 0 N–H and O–H groups in total. The molecule has 0 fully saturated rings. The molecule has 1 heterocycles. The topological polar surface area (TPSA) is 76.6 Å². The molecular weight excluding hydrogens is 272 g/mol. The van der Waals surface area contributed by atoms with Crippen molar-refractivity contribution < 1.29 is 14.1 Å². The number of nitro benzene ring substituents is 1. The molecule has 0 bridgehead atoms. The summed E-state index contributed by atoms with van der Waals surface area (Å²) in [7, 11) is 1.61. The highest BCUT2D eigenvalue weighted by Gasteiger charge is 2.25. The first-order chi connectivity index (χ1) is 9.91. The molecule has 6 nitrogen and oxygen atoms in total. The van der Waals surface area contributed by atoms with Crippen LogP contribution in [-0.2, 0) is 6.54 Å². The van der Waals surface area contributed by atoms with Gasteiger partial charge in [0.2, 0.25) is 0 Å². The number of para-hydroxylation sites is 1. The summed E-state index contributed by atoms with van der Waals surface area (Å²) in [5.74, 6) is 0.347. The Kier molecular flexibility index (Phi) is 4.07. The van der Waals surface area contributed by atoms with E-state index in [4.69, 9.17) is 4.42 Å². The fourth-order valence-corrected chi connectivity index (χ4v) is 2.18. The summed E-state index contributed by atoms with van der Waals surface area (Å²) in [6, 6.07) is 6.53. The van der Waals surface area contributed by atoms with Gasteiger partial charge in [-0.2, -0.15) is 0 Å². The van der Waals surface area contributed by atoms with Gasteiger partial charge in [0, 0.05) is 24.7 Å². The van der Waals surface area contributed by atoms with Crippen LogP contribution >= 0.6 is 0 Å². The van der Waals surface area contributed by atoms with Gasteiger partial charge in [0.15, 0.2) is 0 Å². The van der Waals surface area contributed by atoms with E-state index in [2.05, 4.69) is 0 Å². The van der Waals surface area contributed by atoms with Crippen LogP contribution in [0.5, 0.6) is 0 Å². The molecule has 0 atom stereocenters. The first kappa shape index (κ1) is 14.8. The number of nitro groups is 1. The highest BCUT2D eigenvalue weighted by atomic mass is 16.6. The largest absolute Gasteiger partial charge is 0.469 e. The minimum absolute atomic E-state index is 0.101. The lowest BCUT2D eigenvalue weighted by molar-refractivity contribution is -0.385. The van der Waals surface area contributed by atoms with Crippen LogP contribution in [0, 0.1) is 24.0 Å². The number of hydrogen-bond donors (Lipinski definition) is 0. The summed E-state index contributed by atoms with van der Waals surface area (Å²) in [5, 5.41) is 11.2. The van der Waals surface area contributed by atoms with E-state index in [1.54, 1.807) is 38.4 Å². The first-order valence-electron chi connectivity index (χ1n) is 6.44. The van der Waals surface area contributed by atoms with Crippen molar-refractivity contribution in [3.63, 3.8) is 0 Å². The van der Waals surface area contributed by atoms with E-state index in [9.17, 15) is 14.9 Å². The van der Waals surface area contributed by atoms with E-state index >= 15 is 0 Å². The molecule has 21 heavy (non-hydrogen) atoms. The molecule has 2 rings (SSSR count). The number of carbonyl (C=O) groups excluding carboxylic acids is 1. The third kappa shape index (κ3) is 2.94. The number of benzene rings is 1. The predicted molar refractivity (Wildman–Crippen MR) is 77.1 cm³/mol. The number of furan rings is 1. The van der Waals surface area contributed by atoms with Gasteiger partial charge >= 0.3 is 0 Å². The van der Waals surface area contributed by atoms with Crippen LogP contribution in [0.3, 0.4) is 0 Å². The quantitative estimate of drug-likeness (QED) is 0.640. The Morgan fingerprint density at radius 2 is 2.05 bits per heavy atom. The van der Waals surface area contributed by atoms with Crippen LogP contribution in [0.15, 0.2) is 34.9 Å². The van der Waals surface area contributed by atoms with Crippen molar-refractivity contribution in [2.45, 2.75) is 20.4 Å². The highest BCUT2D eigenvalue weighted by molar-refractivity contribution is 5.98. The van der Waals surface area contributed by atoms with Crippen LogP contribution in [0.25, 0.3) is 0 Å². The second-order valence-electron chi connectivity index (χ2n) is 4.89. The molecule has 1 amide bonds. The van der Waals surface area contributed by atoms with Gasteiger partial charge in [0.05, 0.1) is 11.2 Å². The van der Waals surface area contributed by atoms with Gasteiger partial charge in [-0.05, 0) is 26.0 Å². The van der Waals surface area contributed by atoms with Crippen molar-refractivity contribution >= 4 is 11.6 Å². The van der Waals surface area contributed by atoms with E-state index < -0.39 is 4.92 Å². The van der Waals surface area contributed by atoms with E-state index in [-0.39, 0.29) is 17.2 Å². The molecule has 0 saturated heterocycles. The van der Waals surface area contributed by atoms with Gasteiger partial charge in [0.1, 0.15) is 11.3 Å². The van der Waals surface area contributed by atoms with Gasteiger partial charge in [-0.25, -0.2) is 0 Å². The molecule has 0 aliphatic heterocycles. The summed E-state index contributed by atoms with van der Waals surface area (Å²) in [6.45, 7) is 3.77. The molecule has 0 unspecified atom stereocenters. The number of hydrogen-bond acceptors (Lipinski definition) is 4. The number of rotatable bonds is 4. The Bertz CT molecular complexity index is 691. The predicted octanol–water partition coefficient (Wildman–Crippen LogP) is 3.08. The van der Waals surface area contributed by atoms with E-state index in [1.807, 2.05) is 6.92 Å². The van der Waals surface area contributed by atoms with Crippen molar-refractivity contribution in [2.24, 2.45) is 0 Å². The summed E-state index contributed by atoms with van der Waals surface area (Å²) >= 11 is 0. The van der Waals surface area contributed by atoms with Crippen LogP contribution < -0.4 is 0 Å². The van der Waals surface area contributed by atoms with Crippen molar-refractivity contribution in [3.05, 3.63) is 63.1 Å². The molecule has 0 aliphatic rings. The molecule has 0 radical (unpaired) electrons. The third-order valence-corrected chi connectivity index (χ3v) is 3.37. The lowest BCUT2D eigenvalue weighted by Gasteiger charge is -2.17. The average Bonchev–Trinajstić information content (AvgIpc) is 2.82. The maximum Gasteiger partial charge on any atom is 0.285 e. The van der Waals surface area contributed by atoms with Gasteiger partial charge in [0.25, 0.3) is 11.6 Å². The van der Waals surface area contributed by atoms with Gasteiger partial charge in [-0.1, -0.05) is 12.1 Å². The summed E-state index contributed by atoms with van der Waals surface area (Å²) in [5.41, 5.74) is 1.31. The van der Waals surface area contributed by atoms with Crippen LogP contribution in [0.4, 0.5) is 5.69 Å². The number of amides is 1. The Hall–Kier alpha value is -2.63.